The van der Waals surface area contributed by atoms with Gasteiger partial charge < -0.3 is 4.74 Å². The minimum absolute atomic E-state index is 0.485. The molecule has 1 heterocycles. The Bertz CT molecular complexity index is 500. The first-order chi connectivity index (χ1) is 7.70. The molecule has 2 aromatic rings. The summed E-state index contributed by atoms with van der Waals surface area (Å²) < 4.78 is 4.98. The van der Waals surface area contributed by atoms with Crippen LogP contribution in [0.3, 0.4) is 0 Å². The maximum Gasteiger partial charge on any atom is 0.159 e. The van der Waals surface area contributed by atoms with Crippen LogP contribution in [0.4, 0.5) is 0 Å². The van der Waals surface area contributed by atoms with E-state index in [0.29, 0.717) is 21.6 Å². The van der Waals surface area contributed by atoms with Crippen molar-refractivity contribution < 1.29 is 4.74 Å². The molecule has 82 valence electrons. The molecule has 0 aliphatic carbocycles. The summed E-state index contributed by atoms with van der Waals surface area (Å²) in [5, 5.41) is 0.998. The molecule has 0 bridgehead atoms. The van der Waals surface area contributed by atoms with E-state index in [1.54, 1.807) is 31.6 Å². The van der Waals surface area contributed by atoms with Crippen LogP contribution in [0, 0.1) is 0 Å². The molecule has 2 rings (SSSR count). The fourth-order valence-electron chi connectivity index (χ4n) is 1.21. The van der Waals surface area contributed by atoms with E-state index in [1.807, 2.05) is 6.07 Å². The first kappa shape index (κ1) is 11.2. The summed E-state index contributed by atoms with van der Waals surface area (Å²) in [6, 6.07) is 5.26. The number of nitrogens with zero attached hydrogens (tertiary/aromatic N) is 2. The van der Waals surface area contributed by atoms with Gasteiger partial charge in [0.25, 0.3) is 0 Å². The lowest BCUT2D eigenvalue weighted by Crippen LogP contribution is -1.90. The molecule has 3 nitrogen and oxygen atoms in total. The van der Waals surface area contributed by atoms with Crippen LogP contribution in [0.1, 0.15) is 0 Å². The molecule has 5 heteroatoms. The van der Waals surface area contributed by atoms with Crippen molar-refractivity contribution in [3.8, 4) is 17.1 Å². The van der Waals surface area contributed by atoms with Gasteiger partial charge in [0.05, 0.1) is 29.5 Å². The summed E-state index contributed by atoms with van der Waals surface area (Å²) in [6.45, 7) is 0. The van der Waals surface area contributed by atoms with E-state index >= 15 is 0 Å². The van der Waals surface area contributed by atoms with Crippen molar-refractivity contribution in [2.75, 3.05) is 7.11 Å². The van der Waals surface area contributed by atoms with Crippen molar-refractivity contribution in [2.24, 2.45) is 0 Å². The number of halogens is 2. The SMILES string of the molecule is COc1cnc(-c2ccc(Cl)c(Cl)c2)nc1. The van der Waals surface area contributed by atoms with Crippen LogP contribution in [0.2, 0.25) is 10.0 Å². The maximum atomic E-state index is 5.91. The lowest BCUT2D eigenvalue weighted by atomic mass is 10.2. The van der Waals surface area contributed by atoms with Gasteiger partial charge in [0.2, 0.25) is 0 Å². The fourth-order valence-corrected chi connectivity index (χ4v) is 1.50. The Kier molecular flexibility index (Phi) is 3.27. The second-order valence-corrected chi connectivity index (χ2v) is 3.89. The Balaban J connectivity index is 2.38. The topological polar surface area (TPSA) is 35.0 Å². The molecule has 0 atom stereocenters. The second-order valence-electron chi connectivity index (χ2n) is 3.08. The van der Waals surface area contributed by atoms with E-state index in [2.05, 4.69) is 9.97 Å². The number of hydrogen-bond donors (Lipinski definition) is 0. The van der Waals surface area contributed by atoms with Gasteiger partial charge in [-0.25, -0.2) is 9.97 Å². The van der Waals surface area contributed by atoms with Crippen LogP contribution in [-0.4, -0.2) is 17.1 Å². The third-order valence-corrected chi connectivity index (χ3v) is 2.78. The summed E-state index contributed by atoms with van der Waals surface area (Å²) >= 11 is 11.7. The molecule has 0 fully saturated rings. The summed E-state index contributed by atoms with van der Waals surface area (Å²) in [6.07, 6.45) is 3.20. The molecule has 16 heavy (non-hydrogen) atoms. The second kappa shape index (κ2) is 4.68. The molecule has 0 saturated heterocycles. The average Bonchev–Trinajstić information content (AvgIpc) is 2.33. The smallest absolute Gasteiger partial charge is 0.159 e. The largest absolute Gasteiger partial charge is 0.494 e. The van der Waals surface area contributed by atoms with Crippen molar-refractivity contribution in [3.63, 3.8) is 0 Å². The molecular formula is C11H8Cl2N2O. The van der Waals surface area contributed by atoms with Gasteiger partial charge in [-0.15, -0.1) is 0 Å². The fraction of sp³-hybridized carbons (Fsp3) is 0.0909. The van der Waals surface area contributed by atoms with E-state index in [1.165, 1.54) is 0 Å². The van der Waals surface area contributed by atoms with Gasteiger partial charge in [0.1, 0.15) is 0 Å². The van der Waals surface area contributed by atoms with Crippen molar-refractivity contribution in [3.05, 3.63) is 40.6 Å². The van der Waals surface area contributed by atoms with Gasteiger partial charge in [-0.05, 0) is 18.2 Å². The zero-order valence-corrected chi connectivity index (χ0v) is 9.96. The summed E-state index contributed by atoms with van der Waals surface area (Å²) in [7, 11) is 1.57. The van der Waals surface area contributed by atoms with Crippen LogP contribution in [0.15, 0.2) is 30.6 Å². The quantitative estimate of drug-likeness (QED) is 0.824. The summed E-state index contributed by atoms with van der Waals surface area (Å²) in [5.74, 6) is 1.20. The molecule has 0 N–H and O–H groups in total. The van der Waals surface area contributed by atoms with Crippen molar-refractivity contribution in [2.45, 2.75) is 0 Å². The highest BCUT2D eigenvalue weighted by molar-refractivity contribution is 6.42. The molecule has 0 unspecified atom stereocenters. The van der Waals surface area contributed by atoms with E-state index < -0.39 is 0 Å². The maximum absolute atomic E-state index is 5.91. The Morgan fingerprint density at radius 1 is 1.06 bits per heavy atom. The number of methoxy groups -OCH3 is 1. The normalized spacial score (nSPS) is 10.2. The summed E-state index contributed by atoms with van der Waals surface area (Å²) in [4.78, 5) is 8.31. The number of hydrogen-bond acceptors (Lipinski definition) is 3. The zero-order valence-electron chi connectivity index (χ0n) is 8.45. The van der Waals surface area contributed by atoms with Gasteiger partial charge >= 0.3 is 0 Å². The van der Waals surface area contributed by atoms with Crippen LogP contribution in [-0.2, 0) is 0 Å². The molecule has 0 radical (unpaired) electrons. The third kappa shape index (κ3) is 2.26. The number of benzene rings is 1. The van der Waals surface area contributed by atoms with E-state index in [4.69, 9.17) is 27.9 Å². The van der Waals surface area contributed by atoms with E-state index in [9.17, 15) is 0 Å². The lowest BCUT2D eigenvalue weighted by Gasteiger charge is -2.03. The highest BCUT2D eigenvalue weighted by atomic mass is 35.5. The Morgan fingerprint density at radius 2 is 1.75 bits per heavy atom. The predicted molar refractivity (Wildman–Crippen MR) is 64.0 cm³/mol. The predicted octanol–water partition coefficient (Wildman–Crippen LogP) is 3.46. The number of rotatable bonds is 2. The minimum atomic E-state index is 0.485. The van der Waals surface area contributed by atoms with Crippen LogP contribution >= 0.6 is 23.2 Å². The van der Waals surface area contributed by atoms with E-state index in [0.717, 1.165) is 5.56 Å². The standard InChI is InChI=1S/C11H8Cl2N2O/c1-16-8-5-14-11(15-6-8)7-2-3-9(12)10(13)4-7/h2-6H,1H3. The first-order valence-corrected chi connectivity index (χ1v) is 5.28. The minimum Gasteiger partial charge on any atom is -0.494 e. The van der Waals surface area contributed by atoms with E-state index in [-0.39, 0.29) is 0 Å². The first-order valence-electron chi connectivity index (χ1n) is 4.52. The van der Waals surface area contributed by atoms with Crippen molar-refractivity contribution in [1.82, 2.24) is 9.97 Å². The van der Waals surface area contributed by atoms with Gasteiger partial charge in [0, 0.05) is 5.56 Å². The van der Waals surface area contributed by atoms with Gasteiger partial charge in [0.15, 0.2) is 11.6 Å². The van der Waals surface area contributed by atoms with Gasteiger partial charge in [-0.1, -0.05) is 23.2 Å². The average molecular weight is 255 g/mol. The number of aromatic nitrogens is 2. The van der Waals surface area contributed by atoms with Crippen molar-refractivity contribution in [1.29, 1.82) is 0 Å². The van der Waals surface area contributed by atoms with Gasteiger partial charge in [-0.3, -0.25) is 0 Å². The van der Waals surface area contributed by atoms with Crippen molar-refractivity contribution >= 4 is 23.2 Å². The zero-order chi connectivity index (χ0) is 11.5. The highest BCUT2D eigenvalue weighted by Crippen LogP contribution is 2.26. The molecule has 0 spiro atoms. The lowest BCUT2D eigenvalue weighted by molar-refractivity contribution is 0.411. The third-order valence-electron chi connectivity index (χ3n) is 2.04. The Hall–Kier alpha value is -1.32. The molecular weight excluding hydrogens is 247 g/mol. The molecule has 0 aliphatic heterocycles. The van der Waals surface area contributed by atoms with Crippen LogP contribution < -0.4 is 4.74 Å². The Labute approximate surface area is 103 Å². The monoisotopic (exact) mass is 254 g/mol. The molecule has 0 aliphatic rings. The van der Waals surface area contributed by atoms with Crippen LogP contribution in [0.5, 0.6) is 5.75 Å². The molecule has 0 amide bonds. The van der Waals surface area contributed by atoms with Crippen LogP contribution in [0.25, 0.3) is 11.4 Å². The molecule has 0 saturated carbocycles. The number of ether oxygens (including phenoxy) is 1. The molecule has 1 aromatic carbocycles. The molecule has 1 aromatic heterocycles. The highest BCUT2D eigenvalue weighted by Gasteiger charge is 2.04. The Morgan fingerprint density at radius 3 is 2.31 bits per heavy atom. The van der Waals surface area contributed by atoms with Gasteiger partial charge in [-0.2, -0.15) is 0 Å². The summed E-state index contributed by atoms with van der Waals surface area (Å²) in [5.41, 5.74) is 0.817.